The second-order valence-electron chi connectivity index (χ2n) is 9.08. The molecule has 0 unspecified atom stereocenters. The van der Waals surface area contributed by atoms with Crippen LogP contribution < -0.4 is 5.32 Å². The minimum Gasteiger partial charge on any atom is -0.317 e. The number of allylic oxidation sites excluding steroid dienone is 5. The lowest BCUT2D eigenvalue weighted by Gasteiger charge is -2.30. The maximum atomic E-state index is 3.45. The van der Waals surface area contributed by atoms with E-state index in [1.165, 1.54) is 64.6 Å². The summed E-state index contributed by atoms with van der Waals surface area (Å²) in [6.07, 6.45) is 20.8. The van der Waals surface area contributed by atoms with Crippen molar-refractivity contribution in [3.8, 4) is 0 Å². The minimum absolute atomic E-state index is 0.206. The fraction of sp³-hybridized carbons (Fsp3) is 0.704. The fourth-order valence-corrected chi connectivity index (χ4v) is 4.39. The average molecular weight is 401 g/mol. The zero-order valence-corrected chi connectivity index (χ0v) is 20.3. The van der Waals surface area contributed by atoms with Gasteiger partial charge >= 0.3 is 0 Å². The Morgan fingerprint density at radius 3 is 1.97 bits per heavy atom. The molecule has 2 aliphatic carbocycles. The van der Waals surface area contributed by atoms with Crippen molar-refractivity contribution < 1.29 is 0 Å². The highest BCUT2D eigenvalue weighted by Gasteiger charge is 2.22. The smallest absolute Gasteiger partial charge is 0.00642 e. The lowest BCUT2D eigenvalue weighted by molar-refractivity contribution is 0.226. The van der Waals surface area contributed by atoms with Crippen molar-refractivity contribution in [3.05, 3.63) is 48.1 Å². The van der Waals surface area contributed by atoms with E-state index in [0.29, 0.717) is 0 Å². The summed E-state index contributed by atoms with van der Waals surface area (Å²) in [4.78, 5) is 2.71. The highest BCUT2D eigenvalue weighted by molar-refractivity contribution is 5.39. The van der Waals surface area contributed by atoms with Gasteiger partial charge in [0.2, 0.25) is 0 Å². The van der Waals surface area contributed by atoms with Crippen LogP contribution in [0, 0.1) is 11.3 Å². The molecule has 1 N–H and O–H groups in total. The number of nitrogens with one attached hydrogen (secondary N) is 1. The Labute approximate surface area is 182 Å². The molecule has 166 valence electrons. The van der Waals surface area contributed by atoms with Crippen LogP contribution in [0.15, 0.2) is 48.1 Å². The van der Waals surface area contributed by atoms with Crippen LogP contribution in [0.4, 0.5) is 0 Å². The summed E-state index contributed by atoms with van der Waals surface area (Å²) >= 11 is 0. The van der Waals surface area contributed by atoms with Gasteiger partial charge in [0.05, 0.1) is 0 Å². The van der Waals surface area contributed by atoms with Crippen molar-refractivity contribution in [3.63, 3.8) is 0 Å². The molecule has 1 heterocycles. The van der Waals surface area contributed by atoms with E-state index in [2.05, 4.69) is 62.0 Å². The zero-order valence-electron chi connectivity index (χ0n) is 20.3. The number of hydrogen-bond donors (Lipinski definition) is 1. The van der Waals surface area contributed by atoms with Crippen LogP contribution in [0.5, 0.6) is 0 Å². The maximum absolute atomic E-state index is 3.45. The van der Waals surface area contributed by atoms with Gasteiger partial charge in [-0.25, -0.2) is 0 Å². The molecule has 1 fully saturated rings. The van der Waals surface area contributed by atoms with E-state index in [4.69, 9.17) is 0 Å². The van der Waals surface area contributed by atoms with E-state index < -0.39 is 0 Å². The van der Waals surface area contributed by atoms with E-state index in [1.54, 1.807) is 17.2 Å². The summed E-state index contributed by atoms with van der Waals surface area (Å²) in [5.74, 6) is 0.962. The molecule has 3 rings (SSSR count). The average Bonchev–Trinajstić information content (AvgIpc) is 3.02. The minimum atomic E-state index is 0.206. The second kappa shape index (κ2) is 14.0. The van der Waals surface area contributed by atoms with Crippen LogP contribution in [-0.2, 0) is 0 Å². The molecular formula is C27H48N2. The molecule has 0 aromatic rings. The monoisotopic (exact) mass is 400 g/mol. The van der Waals surface area contributed by atoms with Gasteiger partial charge in [-0.05, 0) is 82.5 Å². The molecule has 0 aromatic heterocycles. The first-order valence-corrected chi connectivity index (χ1v) is 12.0. The van der Waals surface area contributed by atoms with Gasteiger partial charge in [-0.15, -0.1) is 6.58 Å². The Morgan fingerprint density at radius 1 is 1.03 bits per heavy atom. The van der Waals surface area contributed by atoms with E-state index in [9.17, 15) is 0 Å². The molecule has 0 aromatic carbocycles. The normalized spacial score (nSPS) is 26.1. The fourth-order valence-electron chi connectivity index (χ4n) is 4.39. The first-order chi connectivity index (χ1) is 14.0. The largest absolute Gasteiger partial charge is 0.317 e. The summed E-state index contributed by atoms with van der Waals surface area (Å²) in [5.41, 5.74) is 3.36. The van der Waals surface area contributed by atoms with Crippen LogP contribution in [-0.4, -0.2) is 37.6 Å². The van der Waals surface area contributed by atoms with Crippen molar-refractivity contribution in [2.24, 2.45) is 11.3 Å². The first-order valence-electron chi connectivity index (χ1n) is 12.0. The van der Waals surface area contributed by atoms with Crippen LogP contribution in [0.2, 0.25) is 0 Å². The molecule has 1 aliphatic heterocycles. The van der Waals surface area contributed by atoms with Crippen molar-refractivity contribution >= 4 is 0 Å². The van der Waals surface area contributed by atoms with Crippen molar-refractivity contribution in [2.75, 3.05) is 26.7 Å². The predicted octanol–water partition coefficient (Wildman–Crippen LogP) is 6.92. The summed E-state index contributed by atoms with van der Waals surface area (Å²) < 4.78 is 0. The molecule has 0 saturated heterocycles. The van der Waals surface area contributed by atoms with E-state index in [-0.39, 0.29) is 5.41 Å². The molecule has 0 amide bonds. The van der Waals surface area contributed by atoms with Gasteiger partial charge in [0.1, 0.15) is 0 Å². The molecule has 0 spiro atoms. The molecule has 2 nitrogen and oxygen atoms in total. The lowest BCUT2D eigenvalue weighted by atomic mass is 9.84. The number of nitrogens with zero attached hydrogens (tertiary/aromatic N) is 1. The van der Waals surface area contributed by atoms with Crippen molar-refractivity contribution in [1.82, 2.24) is 10.2 Å². The summed E-state index contributed by atoms with van der Waals surface area (Å²) in [5, 5.41) is 3.45. The van der Waals surface area contributed by atoms with E-state index in [0.717, 1.165) is 12.0 Å². The Hall–Kier alpha value is -1.12. The third kappa shape index (κ3) is 9.49. The Morgan fingerprint density at radius 2 is 1.52 bits per heavy atom. The van der Waals surface area contributed by atoms with Gasteiger partial charge in [0, 0.05) is 24.5 Å². The van der Waals surface area contributed by atoms with Crippen LogP contribution in [0.25, 0.3) is 0 Å². The summed E-state index contributed by atoms with van der Waals surface area (Å²) in [6.45, 7) is 17.6. The first kappa shape index (κ1) is 25.9. The number of rotatable bonds is 4. The van der Waals surface area contributed by atoms with Gasteiger partial charge < -0.3 is 10.2 Å². The molecule has 3 aliphatic rings. The molecule has 29 heavy (non-hydrogen) atoms. The lowest BCUT2D eigenvalue weighted by Crippen LogP contribution is -2.32. The zero-order chi connectivity index (χ0) is 21.7. The quantitative estimate of drug-likeness (QED) is 0.515. The molecule has 0 atom stereocenters. The van der Waals surface area contributed by atoms with Crippen LogP contribution >= 0.6 is 0 Å². The van der Waals surface area contributed by atoms with Crippen molar-refractivity contribution in [1.29, 1.82) is 0 Å². The molecule has 0 radical (unpaired) electrons. The summed E-state index contributed by atoms with van der Waals surface area (Å²) in [7, 11) is 2.11. The highest BCUT2D eigenvalue weighted by Crippen LogP contribution is 2.31. The Balaban J connectivity index is 0.000000771. The van der Waals surface area contributed by atoms with Gasteiger partial charge in [0.15, 0.2) is 0 Å². The topological polar surface area (TPSA) is 15.3 Å². The third-order valence-corrected chi connectivity index (χ3v) is 6.34. The van der Waals surface area contributed by atoms with E-state index in [1.807, 2.05) is 20.8 Å². The van der Waals surface area contributed by atoms with Crippen molar-refractivity contribution in [2.45, 2.75) is 85.6 Å². The molecule has 1 saturated carbocycles. The maximum Gasteiger partial charge on any atom is 0.00642 e. The van der Waals surface area contributed by atoms with Gasteiger partial charge in [0.25, 0.3) is 0 Å². The Kier molecular flexibility index (Phi) is 12.5. The SMILES string of the molecule is C=CC.CC.CNC1CCC(CCN2CCC3=C(C=CC(C)(C)C=C3)CC2)CC1. The van der Waals surface area contributed by atoms with Gasteiger partial charge in [-0.3, -0.25) is 0 Å². The van der Waals surface area contributed by atoms with Gasteiger partial charge in [-0.2, -0.15) is 0 Å². The number of hydrogen-bond acceptors (Lipinski definition) is 2. The van der Waals surface area contributed by atoms with Gasteiger partial charge in [-0.1, -0.05) is 58.1 Å². The second-order valence-corrected chi connectivity index (χ2v) is 9.08. The summed E-state index contributed by atoms with van der Waals surface area (Å²) in [6, 6.07) is 0.780. The third-order valence-electron chi connectivity index (χ3n) is 6.34. The van der Waals surface area contributed by atoms with Crippen LogP contribution in [0.3, 0.4) is 0 Å². The predicted molar refractivity (Wildman–Crippen MR) is 131 cm³/mol. The van der Waals surface area contributed by atoms with E-state index >= 15 is 0 Å². The molecule has 2 heteroatoms. The highest BCUT2D eigenvalue weighted by atomic mass is 15.1. The molecule has 0 bridgehead atoms. The Bertz CT molecular complexity index is 515. The molecular weight excluding hydrogens is 352 g/mol. The van der Waals surface area contributed by atoms with Crippen LogP contribution in [0.1, 0.15) is 79.6 Å². The standard InChI is InChI=1S/C22H36N2.C3H6.C2H6/c1-22(2)13-8-19-11-16-24(17-12-20(19)9-14-22)15-10-18-4-6-21(23-3)7-5-18;1-3-2;1-2/h8-9,13-14,18,21,23H,4-7,10-12,15-17H2,1-3H3;3H,1H2,2H3;1-2H3.